The van der Waals surface area contributed by atoms with Crippen LogP contribution >= 0.6 is 11.6 Å². The SMILES string of the molecule is O=C(O)CCC=Cc1ccc(Cl)c(C(F)(F)F)c1. The summed E-state index contributed by atoms with van der Waals surface area (Å²) in [6.07, 6.45) is -1.34. The van der Waals surface area contributed by atoms with Crippen molar-refractivity contribution < 1.29 is 23.1 Å². The third-order valence-corrected chi connectivity index (χ3v) is 2.46. The Kier molecular flexibility index (Phi) is 4.78. The Bertz CT molecular complexity index is 467. The normalized spacial score (nSPS) is 12.0. The van der Waals surface area contributed by atoms with Gasteiger partial charge in [0.2, 0.25) is 0 Å². The minimum Gasteiger partial charge on any atom is -0.481 e. The first-order chi connectivity index (χ1) is 8.30. The highest BCUT2D eigenvalue weighted by Gasteiger charge is 2.33. The molecule has 98 valence electrons. The van der Waals surface area contributed by atoms with E-state index < -0.39 is 17.7 Å². The number of alkyl halides is 3. The van der Waals surface area contributed by atoms with Crippen molar-refractivity contribution in [2.45, 2.75) is 19.0 Å². The topological polar surface area (TPSA) is 37.3 Å². The molecular formula is C12H10ClF3O2. The zero-order valence-corrected chi connectivity index (χ0v) is 9.92. The van der Waals surface area contributed by atoms with E-state index in [4.69, 9.17) is 16.7 Å². The highest BCUT2D eigenvalue weighted by atomic mass is 35.5. The third-order valence-electron chi connectivity index (χ3n) is 2.13. The fraction of sp³-hybridized carbons (Fsp3) is 0.250. The predicted octanol–water partition coefficient (Wildman–Crippen LogP) is 4.24. The number of carboxylic acid groups (broad SMARTS) is 1. The molecular weight excluding hydrogens is 269 g/mol. The largest absolute Gasteiger partial charge is 0.481 e. The van der Waals surface area contributed by atoms with Gasteiger partial charge in [-0.15, -0.1) is 0 Å². The Balaban J connectivity index is 2.83. The minimum absolute atomic E-state index is 0.0593. The Labute approximate surface area is 107 Å². The van der Waals surface area contributed by atoms with Gasteiger partial charge < -0.3 is 5.11 Å². The average Bonchev–Trinajstić information content (AvgIpc) is 2.24. The van der Waals surface area contributed by atoms with Crippen molar-refractivity contribution in [1.29, 1.82) is 0 Å². The second-order valence-corrected chi connectivity index (χ2v) is 3.98. The molecule has 1 rings (SSSR count). The number of rotatable bonds is 4. The molecule has 0 aromatic heterocycles. The highest BCUT2D eigenvalue weighted by molar-refractivity contribution is 6.31. The fourth-order valence-electron chi connectivity index (χ4n) is 1.29. The Hall–Kier alpha value is -1.49. The smallest absolute Gasteiger partial charge is 0.417 e. The summed E-state index contributed by atoms with van der Waals surface area (Å²) in [4.78, 5) is 10.2. The van der Waals surface area contributed by atoms with E-state index in [2.05, 4.69) is 0 Å². The van der Waals surface area contributed by atoms with Crippen LogP contribution in [-0.2, 0) is 11.0 Å². The Morgan fingerprint density at radius 3 is 2.61 bits per heavy atom. The fourth-order valence-corrected chi connectivity index (χ4v) is 1.51. The molecule has 0 aliphatic carbocycles. The van der Waals surface area contributed by atoms with Crippen LogP contribution in [0.3, 0.4) is 0 Å². The quantitative estimate of drug-likeness (QED) is 0.894. The van der Waals surface area contributed by atoms with Crippen LogP contribution in [-0.4, -0.2) is 11.1 Å². The first-order valence-corrected chi connectivity index (χ1v) is 5.43. The first-order valence-electron chi connectivity index (χ1n) is 5.06. The van der Waals surface area contributed by atoms with Crippen LogP contribution < -0.4 is 0 Å². The highest BCUT2D eigenvalue weighted by Crippen LogP contribution is 2.35. The molecule has 0 saturated heterocycles. The van der Waals surface area contributed by atoms with Crippen LogP contribution in [0.25, 0.3) is 6.08 Å². The van der Waals surface area contributed by atoms with Crippen molar-refractivity contribution >= 4 is 23.6 Å². The van der Waals surface area contributed by atoms with Crippen LogP contribution in [0.5, 0.6) is 0 Å². The zero-order valence-electron chi connectivity index (χ0n) is 9.17. The number of halogens is 4. The van der Waals surface area contributed by atoms with E-state index in [0.29, 0.717) is 5.56 Å². The van der Waals surface area contributed by atoms with E-state index in [1.165, 1.54) is 24.3 Å². The van der Waals surface area contributed by atoms with Gasteiger partial charge in [-0.05, 0) is 24.1 Å². The summed E-state index contributed by atoms with van der Waals surface area (Å²) >= 11 is 5.46. The van der Waals surface area contributed by atoms with Crippen molar-refractivity contribution in [2.75, 3.05) is 0 Å². The molecule has 0 fully saturated rings. The second-order valence-electron chi connectivity index (χ2n) is 3.57. The lowest BCUT2D eigenvalue weighted by Crippen LogP contribution is -2.05. The number of carbonyl (C=O) groups is 1. The summed E-state index contributed by atoms with van der Waals surface area (Å²) < 4.78 is 37.6. The molecule has 6 heteroatoms. The van der Waals surface area contributed by atoms with Gasteiger partial charge in [0.1, 0.15) is 0 Å². The van der Waals surface area contributed by atoms with Gasteiger partial charge >= 0.3 is 12.1 Å². The maximum absolute atomic E-state index is 12.5. The van der Waals surface area contributed by atoms with Crippen molar-refractivity contribution in [3.8, 4) is 0 Å². The second kappa shape index (κ2) is 5.91. The van der Waals surface area contributed by atoms with Crippen molar-refractivity contribution in [2.24, 2.45) is 0 Å². The van der Waals surface area contributed by atoms with Gasteiger partial charge in [-0.25, -0.2) is 0 Å². The molecule has 0 aliphatic rings. The molecule has 18 heavy (non-hydrogen) atoms. The number of hydrogen-bond acceptors (Lipinski definition) is 1. The molecule has 0 bridgehead atoms. The molecule has 2 nitrogen and oxygen atoms in total. The Morgan fingerprint density at radius 2 is 2.06 bits per heavy atom. The van der Waals surface area contributed by atoms with Gasteiger partial charge in [0.05, 0.1) is 10.6 Å². The van der Waals surface area contributed by atoms with E-state index in [1.54, 1.807) is 0 Å². The van der Waals surface area contributed by atoms with Crippen LogP contribution in [0.2, 0.25) is 5.02 Å². The summed E-state index contributed by atoms with van der Waals surface area (Å²) in [6, 6.07) is 3.54. The van der Waals surface area contributed by atoms with Crippen LogP contribution in [0, 0.1) is 0 Å². The number of aliphatic carboxylic acids is 1. The molecule has 1 aromatic carbocycles. The van der Waals surface area contributed by atoms with Gasteiger partial charge in [0, 0.05) is 6.42 Å². The zero-order chi connectivity index (χ0) is 13.8. The monoisotopic (exact) mass is 278 g/mol. The molecule has 1 N–H and O–H groups in total. The molecule has 0 saturated carbocycles. The average molecular weight is 279 g/mol. The maximum Gasteiger partial charge on any atom is 0.417 e. The summed E-state index contributed by atoms with van der Waals surface area (Å²) in [6.45, 7) is 0. The Morgan fingerprint density at radius 1 is 1.39 bits per heavy atom. The predicted molar refractivity (Wildman–Crippen MR) is 62.4 cm³/mol. The standard InChI is InChI=1S/C12H10ClF3O2/c13-10-6-5-8(3-1-2-4-11(17)18)7-9(10)12(14,15)16/h1,3,5-7H,2,4H2,(H,17,18). The van der Waals surface area contributed by atoms with E-state index in [9.17, 15) is 18.0 Å². The van der Waals surface area contributed by atoms with Gasteiger partial charge in [-0.2, -0.15) is 13.2 Å². The number of allylic oxidation sites excluding steroid dienone is 1. The van der Waals surface area contributed by atoms with Crippen LogP contribution in [0.15, 0.2) is 24.3 Å². The summed E-state index contributed by atoms with van der Waals surface area (Å²) in [5.41, 5.74) is -0.568. The molecule has 0 atom stereocenters. The van der Waals surface area contributed by atoms with E-state index in [-0.39, 0.29) is 17.9 Å². The summed E-state index contributed by atoms with van der Waals surface area (Å²) in [5, 5.41) is 8.04. The molecule has 0 amide bonds. The van der Waals surface area contributed by atoms with Crippen LogP contribution in [0.4, 0.5) is 13.2 Å². The molecule has 0 radical (unpaired) electrons. The van der Waals surface area contributed by atoms with Gasteiger partial charge in [0.25, 0.3) is 0 Å². The van der Waals surface area contributed by atoms with Crippen molar-refractivity contribution in [3.63, 3.8) is 0 Å². The van der Waals surface area contributed by atoms with Gasteiger partial charge in [-0.3, -0.25) is 4.79 Å². The van der Waals surface area contributed by atoms with E-state index in [1.807, 2.05) is 0 Å². The third kappa shape index (κ3) is 4.41. The molecule has 0 heterocycles. The summed E-state index contributed by atoms with van der Waals surface area (Å²) in [7, 11) is 0. The van der Waals surface area contributed by atoms with Gasteiger partial charge in [0.15, 0.2) is 0 Å². The molecule has 0 aliphatic heterocycles. The number of benzene rings is 1. The van der Waals surface area contributed by atoms with Crippen LogP contribution in [0.1, 0.15) is 24.0 Å². The van der Waals surface area contributed by atoms with E-state index >= 15 is 0 Å². The molecule has 1 aromatic rings. The van der Waals surface area contributed by atoms with E-state index in [0.717, 1.165) is 6.07 Å². The summed E-state index contributed by atoms with van der Waals surface area (Å²) in [5.74, 6) is -0.952. The van der Waals surface area contributed by atoms with Crippen molar-refractivity contribution in [1.82, 2.24) is 0 Å². The number of hydrogen-bond donors (Lipinski definition) is 1. The lowest BCUT2D eigenvalue weighted by atomic mass is 10.1. The molecule has 0 spiro atoms. The van der Waals surface area contributed by atoms with Crippen molar-refractivity contribution in [3.05, 3.63) is 40.4 Å². The molecule has 0 unspecified atom stereocenters. The minimum atomic E-state index is -4.50. The lowest BCUT2D eigenvalue weighted by molar-refractivity contribution is -0.138. The number of carboxylic acids is 1. The maximum atomic E-state index is 12.5. The lowest BCUT2D eigenvalue weighted by Gasteiger charge is -2.09. The van der Waals surface area contributed by atoms with Gasteiger partial charge in [-0.1, -0.05) is 29.8 Å². The first kappa shape index (κ1) is 14.6.